The third-order valence-electron chi connectivity index (χ3n) is 4.08. The number of hydrogen-bond acceptors (Lipinski definition) is 4. The average molecular weight is 340 g/mol. The van der Waals surface area contributed by atoms with Gasteiger partial charge in [0, 0.05) is 18.7 Å². The molecule has 1 atom stereocenters. The Morgan fingerprint density at radius 3 is 2.60 bits per heavy atom. The number of rotatable bonds is 6. The fourth-order valence-corrected chi connectivity index (χ4v) is 2.68. The van der Waals surface area contributed by atoms with E-state index in [1.54, 1.807) is 36.3 Å². The van der Waals surface area contributed by atoms with Crippen molar-refractivity contribution in [2.24, 2.45) is 0 Å². The molecule has 25 heavy (non-hydrogen) atoms. The van der Waals surface area contributed by atoms with Gasteiger partial charge in [-0.25, -0.2) is 4.79 Å². The van der Waals surface area contributed by atoms with Gasteiger partial charge in [0.05, 0.1) is 13.7 Å². The lowest BCUT2D eigenvalue weighted by Gasteiger charge is -2.13. The molecule has 6 nitrogen and oxygen atoms in total. The second kappa shape index (κ2) is 7.70. The van der Waals surface area contributed by atoms with E-state index in [0.29, 0.717) is 30.9 Å². The number of benzene rings is 2. The Morgan fingerprint density at radius 1 is 1.20 bits per heavy atom. The number of amides is 2. The number of nitrogens with one attached hydrogen (secondary N) is 1. The van der Waals surface area contributed by atoms with E-state index in [4.69, 9.17) is 9.47 Å². The molecule has 0 bridgehead atoms. The molecule has 0 aliphatic carbocycles. The highest BCUT2D eigenvalue weighted by atomic mass is 16.6. The minimum absolute atomic E-state index is 0.185. The second-order valence-corrected chi connectivity index (χ2v) is 5.71. The number of cyclic esters (lactones) is 1. The lowest BCUT2D eigenvalue weighted by Crippen LogP contribution is -2.35. The van der Waals surface area contributed by atoms with E-state index in [0.717, 1.165) is 5.56 Å². The standard InChI is InChI=1S/C19H20N2O4/c1-24-16-9-7-15(8-10-16)18(22)20-11-12-21-13-17(25-19(21)23)14-5-3-2-4-6-14/h2-10,17H,11-13H2,1H3,(H,20,22). The van der Waals surface area contributed by atoms with Crippen LogP contribution < -0.4 is 10.1 Å². The van der Waals surface area contributed by atoms with Crippen LogP contribution in [0.3, 0.4) is 0 Å². The van der Waals surface area contributed by atoms with E-state index in [1.807, 2.05) is 30.3 Å². The van der Waals surface area contributed by atoms with E-state index in [9.17, 15) is 9.59 Å². The molecule has 1 aliphatic rings. The van der Waals surface area contributed by atoms with Gasteiger partial charge in [0.25, 0.3) is 5.91 Å². The molecule has 1 aliphatic heterocycles. The van der Waals surface area contributed by atoms with Crippen LogP contribution in [-0.4, -0.2) is 43.6 Å². The van der Waals surface area contributed by atoms with Crippen molar-refractivity contribution in [2.75, 3.05) is 26.7 Å². The van der Waals surface area contributed by atoms with Crippen LogP contribution in [0.15, 0.2) is 54.6 Å². The molecule has 1 fully saturated rings. The summed E-state index contributed by atoms with van der Waals surface area (Å²) in [5.74, 6) is 0.512. The molecule has 6 heteroatoms. The van der Waals surface area contributed by atoms with Crippen LogP contribution in [0.2, 0.25) is 0 Å². The number of methoxy groups -OCH3 is 1. The van der Waals surface area contributed by atoms with E-state index in [-0.39, 0.29) is 18.1 Å². The number of carbonyl (C=O) groups is 2. The molecule has 1 saturated heterocycles. The maximum atomic E-state index is 12.1. The fraction of sp³-hybridized carbons (Fsp3) is 0.263. The lowest BCUT2D eigenvalue weighted by atomic mass is 10.1. The molecule has 0 saturated carbocycles. The van der Waals surface area contributed by atoms with Gasteiger partial charge in [-0.1, -0.05) is 30.3 Å². The van der Waals surface area contributed by atoms with Crippen LogP contribution in [0.1, 0.15) is 22.0 Å². The van der Waals surface area contributed by atoms with Gasteiger partial charge in [-0.05, 0) is 29.8 Å². The highest BCUT2D eigenvalue weighted by Crippen LogP contribution is 2.25. The van der Waals surface area contributed by atoms with E-state index in [2.05, 4.69) is 5.32 Å². The van der Waals surface area contributed by atoms with Crippen molar-refractivity contribution in [3.05, 3.63) is 65.7 Å². The van der Waals surface area contributed by atoms with Crippen molar-refractivity contribution in [3.8, 4) is 5.75 Å². The minimum Gasteiger partial charge on any atom is -0.497 e. The predicted octanol–water partition coefficient (Wildman–Crippen LogP) is 2.62. The van der Waals surface area contributed by atoms with Gasteiger partial charge in [0.2, 0.25) is 0 Å². The molecule has 0 radical (unpaired) electrons. The first-order valence-electron chi connectivity index (χ1n) is 8.10. The Morgan fingerprint density at radius 2 is 1.92 bits per heavy atom. The number of nitrogens with zero attached hydrogens (tertiary/aromatic N) is 1. The molecule has 3 rings (SSSR count). The SMILES string of the molecule is COc1ccc(C(=O)NCCN2CC(c3ccccc3)OC2=O)cc1. The highest BCUT2D eigenvalue weighted by molar-refractivity contribution is 5.94. The number of hydrogen-bond donors (Lipinski definition) is 1. The molecule has 1 N–H and O–H groups in total. The molecule has 2 amide bonds. The van der Waals surface area contributed by atoms with Gasteiger partial charge in [0.15, 0.2) is 0 Å². The summed E-state index contributed by atoms with van der Waals surface area (Å²) < 4.78 is 10.5. The van der Waals surface area contributed by atoms with Gasteiger partial charge in [-0.15, -0.1) is 0 Å². The number of carbonyl (C=O) groups excluding carboxylic acids is 2. The van der Waals surface area contributed by atoms with Gasteiger partial charge < -0.3 is 19.7 Å². The van der Waals surface area contributed by atoms with Gasteiger partial charge >= 0.3 is 6.09 Å². The van der Waals surface area contributed by atoms with Crippen molar-refractivity contribution >= 4 is 12.0 Å². The fourth-order valence-electron chi connectivity index (χ4n) is 2.68. The Labute approximate surface area is 146 Å². The van der Waals surface area contributed by atoms with E-state index < -0.39 is 0 Å². The molecule has 130 valence electrons. The van der Waals surface area contributed by atoms with Crippen LogP contribution >= 0.6 is 0 Å². The third-order valence-corrected chi connectivity index (χ3v) is 4.08. The summed E-state index contributed by atoms with van der Waals surface area (Å²) in [6, 6.07) is 16.5. The maximum absolute atomic E-state index is 12.1. The zero-order chi connectivity index (χ0) is 17.6. The molecule has 0 spiro atoms. The summed E-state index contributed by atoms with van der Waals surface area (Å²) in [4.78, 5) is 25.7. The molecule has 0 aromatic heterocycles. The molecule has 1 unspecified atom stereocenters. The molecular weight excluding hydrogens is 320 g/mol. The first kappa shape index (κ1) is 16.8. The first-order valence-corrected chi connectivity index (χ1v) is 8.10. The monoisotopic (exact) mass is 340 g/mol. The van der Waals surface area contributed by atoms with Crippen molar-refractivity contribution in [1.29, 1.82) is 0 Å². The summed E-state index contributed by atoms with van der Waals surface area (Å²) in [6.07, 6.45) is -0.612. The summed E-state index contributed by atoms with van der Waals surface area (Å²) in [6.45, 7) is 1.26. The second-order valence-electron chi connectivity index (χ2n) is 5.71. The smallest absolute Gasteiger partial charge is 0.410 e. The van der Waals surface area contributed by atoms with Crippen LogP contribution in [0.25, 0.3) is 0 Å². The average Bonchev–Trinajstić information content (AvgIpc) is 3.03. The van der Waals surface area contributed by atoms with Gasteiger partial charge in [-0.2, -0.15) is 0 Å². The number of ether oxygens (including phenoxy) is 2. The summed E-state index contributed by atoms with van der Waals surface area (Å²) >= 11 is 0. The molecular formula is C19H20N2O4. The van der Waals surface area contributed by atoms with E-state index in [1.165, 1.54) is 0 Å². The normalized spacial score (nSPS) is 16.4. The van der Waals surface area contributed by atoms with Crippen LogP contribution in [0.4, 0.5) is 4.79 Å². The highest BCUT2D eigenvalue weighted by Gasteiger charge is 2.31. The molecule has 1 heterocycles. The summed E-state index contributed by atoms with van der Waals surface area (Å²) in [7, 11) is 1.58. The minimum atomic E-state index is -0.354. The predicted molar refractivity (Wildman–Crippen MR) is 92.6 cm³/mol. The van der Waals surface area contributed by atoms with Gasteiger partial charge in [-0.3, -0.25) is 4.79 Å². The van der Waals surface area contributed by atoms with Gasteiger partial charge in [0.1, 0.15) is 11.9 Å². The van der Waals surface area contributed by atoms with Crippen molar-refractivity contribution in [1.82, 2.24) is 10.2 Å². The Hall–Kier alpha value is -3.02. The molecule has 2 aromatic carbocycles. The first-order chi connectivity index (χ1) is 12.2. The van der Waals surface area contributed by atoms with Crippen molar-refractivity contribution in [2.45, 2.75) is 6.10 Å². The van der Waals surface area contributed by atoms with Crippen LogP contribution in [-0.2, 0) is 4.74 Å². The third kappa shape index (κ3) is 4.09. The largest absolute Gasteiger partial charge is 0.497 e. The van der Waals surface area contributed by atoms with Crippen molar-refractivity contribution in [3.63, 3.8) is 0 Å². The lowest BCUT2D eigenvalue weighted by molar-refractivity contribution is 0.0948. The Balaban J connectivity index is 1.48. The van der Waals surface area contributed by atoms with E-state index >= 15 is 0 Å². The maximum Gasteiger partial charge on any atom is 0.410 e. The van der Waals surface area contributed by atoms with Crippen LogP contribution in [0.5, 0.6) is 5.75 Å². The summed E-state index contributed by atoms with van der Waals surface area (Å²) in [5, 5.41) is 2.81. The molecule has 2 aromatic rings. The zero-order valence-corrected chi connectivity index (χ0v) is 14.0. The quantitative estimate of drug-likeness (QED) is 0.878. The zero-order valence-electron chi connectivity index (χ0n) is 14.0. The Kier molecular flexibility index (Phi) is 5.18. The van der Waals surface area contributed by atoms with Crippen molar-refractivity contribution < 1.29 is 19.1 Å². The topological polar surface area (TPSA) is 67.9 Å². The Bertz CT molecular complexity index is 731. The van der Waals surface area contributed by atoms with Crippen LogP contribution in [0, 0.1) is 0 Å². The summed E-state index contributed by atoms with van der Waals surface area (Å²) in [5.41, 5.74) is 1.52.